The summed E-state index contributed by atoms with van der Waals surface area (Å²) in [5, 5.41) is 0. The molecule has 7 nitrogen and oxygen atoms in total. The molecule has 0 radical (unpaired) electrons. The molecule has 3 heterocycles. The number of amides is 1. The number of aromatic nitrogens is 4. The summed E-state index contributed by atoms with van der Waals surface area (Å²) in [6.45, 7) is 1.05. The molecule has 10 heteroatoms. The van der Waals surface area contributed by atoms with E-state index in [1.807, 2.05) is 10.8 Å². The summed E-state index contributed by atoms with van der Waals surface area (Å²) in [6, 6.07) is -0.141. The highest BCUT2D eigenvalue weighted by Crippen LogP contribution is 2.32. The maximum Gasteiger partial charge on any atom is 0.434 e. The first-order valence-corrected chi connectivity index (χ1v) is 8.32. The molecule has 0 aliphatic carbocycles. The molecule has 2 N–H and O–H groups in total. The molecule has 26 heavy (non-hydrogen) atoms. The van der Waals surface area contributed by atoms with Crippen molar-refractivity contribution in [3.8, 4) is 0 Å². The predicted molar refractivity (Wildman–Crippen MR) is 87.0 cm³/mol. The van der Waals surface area contributed by atoms with Crippen LogP contribution in [0.5, 0.6) is 0 Å². The Bertz CT molecular complexity index is 762. The minimum atomic E-state index is -4.77. The molecule has 2 aromatic heterocycles. The van der Waals surface area contributed by atoms with Gasteiger partial charge >= 0.3 is 6.18 Å². The Morgan fingerprint density at radius 1 is 1.35 bits per heavy atom. The summed E-state index contributed by atoms with van der Waals surface area (Å²) in [5.74, 6) is -1.21. The van der Waals surface area contributed by atoms with E-state index in [0.29, 0.717) is 19.5 Å². The number of aryl methyl sites for hydroxylation is 1. The van der Waals surface area contributed by atoms with Gasteiger partial charge in [-0.25, -0.2) is 15.0 Å². The lowest BCUT2D eigenvalue weighted by Gasteiger charge is -2.36. The van der Waals surface area contributed by atoms with E-state index in [0.717, 1.165) is 25.5 Å². The average molecular weight is 368 g/mol. The van der Waals surface area contributed by atoms with Crippen molar-refractivity contribution in [3.63, 3.8) is 0 Å². The Kier molecular flexibility index (Phi) is 5.10. The highest BCUT2D eigenvalue weighted by atomic mass is 19.4. The van der Waals surface area contributed by atoms with Crippen LogP contribution < -0.4 is 5.73 Å². The zero-order chi connectivity index (χ0) is 18.7. The average Bonchev–Trinajstić information content (AvgIpc) is 3.12. The Hall–Kier alpha value is -2.65. The summed E-state index contributed by atoms with van der Waals surface area (Å²) >= 11 is 0. The molecule has 1 aliphatic heterocycles. The molecular formula is C16H19F3N6O. The van der Waals surface area contributed by atoms with Gasteiger partial charge in [0.15, 0.2) is 5.69 Å². The second kappa shape index (κ2) is 7.30. The van der Waals surface area contributed by atoms with Crippen LogP contribution in [0, 0.1) is 0 Å². The van der Waals surface area contributed by atoms with Gasteiger partial charge in [0.05, 0.1) is 11.9 Å². The van der Waals surface area contributed by atoms with Gasteiger partial charge in [0.25, 0.3) is 5.91 Å². The van der Waals surface area contributed by atoms with E-state index in [1.165, 1.54) is 4.90 Å². The van der Waals surface area contributed by atoms with Crippen LogP contribution in [-0.4, -0.2) is 42.9 Å². The molecule has 140 valence electrons. The first kappa shape index (κ1) is 18.2. The third-order valence-electron chi connectivity index (χ3n) is 4.47. The van der Waals surface area contributed by atoms with Crippen molar-refractivity contribution in [2.45, 2.75) is 44.4 Å². The molecule has 1 aliphatic rings. The molecule has 0 spiro atoms. The van der Waals surface area contributed by atoms with E-state index < -0.39 is 29.3 Å². The molecule has 2 aromatic rings. The van der Waals surface area contributed by atoms with Crippen molar-refractivity contribution >= 4 is 11.9 Å². The number of nitrogens with two attached hydrogens (primary N) is 1. The lowest BCUT2D eigenvalue weighted by atomic mass is 9.98. The van der Waals surface area contributed by atoms with E-state index in [-0.39, 0.29) is 6.04 Å². The van der Waals surface area contributed by atoms with Gasteiger partial charge in [0.1, 0.15) is 0 Å². The number of hydrogen-bond acceptors (Lipinski definition) is 5. The van der Waals surface area contributed by atoms with Gasteiger partial charge in [-0.1, -0.05) is 0 Å². The van der Waals surface area contributed by atoms with Crippen LogP contribution in [0.3, 0.4) is 0 Å². The Balaban J connectivity index is 1.82. The monoisotopic (exact) mass is 368 g/mol. The molecule has 0 aromatic carbocycles. The molecule has 1 atom stereocenters. The number of piperidine rings is 1. The Morgan fingerprint density at radius 3 is 2.85 bits per heavy atom. The smallest absolute Gasteiger partial charge is 0.368 e. The van der Waals surface area contributed by atoms with Crippen LogP contribution in [0.1, 0.15) is 41.7 Å². The van der Waals surface area contributed by atoms with Crippen molar-refractivity contribution < 1.29 is 18.0 Å². The van der Waals surface area contributed by atoms with Gasteiger partial charge in [-0.05, 0) is 25.7 Å². The molecule has 3 rings (SSSR count). The number of nitrogens with zero attached hydrogens (tertiary/aromatic N) is 5. The van der Waals surface area contributed by atoms with Crippen LogP contribution >= 0.6 is 0 Å². The van der Waals surface area contributed by atoms with Crippen molar-refractivity contribution in [2.75, 3.05) is 12.3 Å². The first-order valence-electron chi connectivity index (χ1n) is 8.32. The SMILES string of the molecule is Nc1ncc(C(=O)N2CCCC[C@H]2CCn2ccnc2)c(C(F)(F)F)n1. The molecule has 1 saturated heterocycles. The van der Waals surface area contributed by atoms with Crippen molar-refractivity contribution in [1.82, 2.24) is 24.4 Å². The van der Waals surface area contributed by atoms with E-state index in [2.05, 4.69) is 15.0 Å². The second-order valence-corrected chi connectivity index (χ2v) is 6.23. The fourth-order valence-corrected chi connectivity index (χ4v) is 3.21. The fourth-order valence-electron chi connectivity index (χ4n) is 3.21. The standard InChI is InChI=1S/C16H19F3N6O/c17-16(18,19)13-12(9-22-15(20)23-13)14(26)25-6-2-1-3-11(25)4-7-24-8-5-21-10-24/h5,8-11H,1-4,6-7H2,(H2,20,22,23)/t11-/m0/s1. The lowest BCUT2D eigenvalue weighted by Crippen LogP contribution is -2.45. The van der Waals surface area contributed by atoms with Gasteiger partial charge in [0, 0.05) is 37.7 Å². The number of nitrogen functional groups attached to an aromatic ring is 1. The van der Waals surface area contributed by atoms with Gasteiger partial charge < -0.3 is 15.2 Å². The Labute approximate surface area is 148 Å². The molecule has 0 bridgehead atoms. The quantitative estimate of drug-likeness (QED) is 0.895. The third kappa shape index (κ3) is 3.94. The van der Waals surface area contributed by atoms with Gasteiger partial charge in [-0.2, -0.15) is 13.2 Å². The number of carbonyl (C=O) groups excluding carboxylic acids is 1. The number of carbonyl (C=O) groups is 1. The number of anilines is 1. The number of hydrogen-bond donors (Lipinski definition) is 1. The van der Waals surface area contributed by atoms with Crippen LogP contribution in [0.2, 0.25) is 0 Å². The van der Waals surface area contributed by atoms with Crippen LogP contribution in [0.25, 0.3) is 0 Å². The maximum atomic E-state index is 13.3. The minimum absolute atomic E-state index is 0.141. The molecule has 1 amide bonds. The number of alkyl halides is 3. The molecular weight excluding hydrogens is 349 g/mol. The summed E-state index contributed by atoms with van der Waals surface area (Å²) in [5.41, 5.74) is 3.44. The topological polar surface area (TPSA) is 89.9 Å². The number of halogens is 3. The van der Waals surface area contributed by atoms with Crippen molar-refractivity contribution in [3.05, 3.63) is 36.2 Å². The van der Waals surface area contributed by atoms with Crippen molar-refractivity contribution in [2.24, 2.45) is 0 Å². The van der Waals surface area contributed by atoms with E-state index >= 15 is 0 Å². The van der Waals surface area contributed by atoms with E-state index in [9.17, 15) is 18.0 Å². The zero-order valence-corrected chi connectivity index (χ0v) is 14.0. The van der Waals surface area contributed by atoms with Gasteiger partial charge in [-0.15, -0.1) is 0 Å². The zero-order valence-electron chi connectivity index (χ0n) is 14.0. The number of imidazole rings is 1. The summed E-state index contributed by atoms with van der Waals surface area (Å²) in [7, 11) is 0. The predicted octanol–water partition coefficient (Wildman–Crippen LogP) is 2.36. The lowest BCUT2D eigenvalue weighted by molar-refractivity contribution is -0.141. The van der Waals surface area contributed by atoms with Crippen molar-refractivity contribution in [1.29, 1.82) is 0 Å². The molecule has 0 unspecified atom stereocenters. The number of likely N-dealkylation sites (tertiary alicyclic amines) is 1. The minimum Gasteiger partial charge on any atom is -0.368 e. The summed E-state index contributed by atoms with van der Waals surface area (Å²) < 4.78 is 41.7. The highest BCUT2D eigenvalue weighted by molar-refractivity contribution is 5.95. The first-order chi connectivity index (χ1) is 12.4. The van der Waals surface area contributed by atoms with E-state index in [4.69, 9.17) is 5.73 Å². The summed E-state index contributed by atoms with van der Waals surface area (Å²) in [6.07, 6.45) is 4.31. The van der Waals surface area contributed by atoms with Crippen LogP contribution in [0.4, 0.5) is 19.1 Å². The Morgan fingerprint density at radius 2 is 2.15 bits per heavy atom. The van der Waals surface area contributed by atoms with Crippen LogP contribution in [0.15, 0.2) is 24.9 Å². The maximum absolute atomic E-state index is 13.3. The second-order valence-electron chi connectivity index (χ2n) is 6.23. The third-order valence-corrected chi connectivity index (χ3v) is 4.47. The number of rotatable bonds is 4. The normalized spacial score (nSPS) is 18.1. The highest BCUT2D eigenvalue weighted by Gasteiger charge is 2.40. The molecule has 1 fully saturated rings. The molecule has 0 saturated carbocycles. The summed E-state index contributed by atoms with van der Waals surface area (Å²) in [4.78, 5) is 25.1. The fraction of sp³-hybridized carbons (Fsp3) is 0.500. The van der Waals surface area contributed by atoms with Crippen LogP contribution in [-0.2, 0) is 12.7 Å². The van der Waals surface area contributed by atoms with Gasteiger partial charge in [0.2, 0.25) is 5.95 Å². The van der Waals surface area contributed by atoms with E-state index in [1.54, 1.807) is 12.5 Å². The largest absolute Gasteiger partial charge is 0.434 e. The van der Waals surface area contributed by atoms with Gasteiger partial charge in [-0.3, -0.25) is 4.79 Å².